The lowest BCUT2D eigenvalue weighted by Crippen LogP contribution is -2.04. The Balaban J connectivity index is 1.25. The average molecular weight is 447 g/mol. The van der Waals surface area contributed by atoms with Crippen molar-refractivity contribution >= 4 is 39.2 Å². The van der Waals surface area contributed by atoms with E-state index in [4.69, 9.17) is 0 Å². The number of aromatic amines is 2. The molecule has 164 valence electrons. The highest BCUT2D eigenvalue weighted by molar-refractivity contribution is 6.00. The summed E-state index contributed by atoms with van der Waals surface area (Å²) in [6.07, 6.45) is 8.56. The van der Waals surface area contributed by atoms with Crippen molar-refractivity contribution in [3.63, 3.8) is 0 Å². The number of ketones is 1. The molecule has 10 nitrogen and oxygen atoms in total. The van der Waals surface area contributed by atoms with Crippen molar-refractivity contribution in [1.82, 2.24) is 40.3 Å². The van der Waals surface area contributed by atoms with Crippen molar-refractivity contribution in [1.29, 1.82) is 0 Å². The van der Waals surface area contributed by atoms with Gasteiger partial charge in [-0.1, -0.05) is 0 Å². The zero-order valence-corrected chi connectivity index (χ0v) is 17.7. The number of benzene rings is 1. The molecule has 0 atom stereocenters. The highest BCUT2D eigenvalue weighted by Crippen LogP contribution is 2.24. The van der Waals surface area contributed by atoms with E-state index in [2.05, 4.69) is 45.6 Å². The van der Waals surface area contributed by atoms with Crippen LogP contribution in [0.15, 0.2) is 73.4 Å². The standard InChI is InChI=1S/C24H17N9O/c34-22(7-14-3-6-27-28-11-14)21-10-19-20(31-21)9-16(12-26-19)24-25-5-4-23(32-24)30-17-1-2-18-15(8-17)13-29-33-18/h1-6,8-13,31H,7H2,(H,29,33)(H,25,30,32). The highest BCUT2D eigenvalue weighted by atomic mass is 16.1. The van der Waals surface area contributed by atoms with E-state index in [-0.39, 0.29) is 12.2 Å². The Labute approximate surface area is 192 Å². The van der Waals surface area contributed by atoms with Gasteiger partial charge in [0, 0.05) is 41.6 Å². The molecular formula is C24H17N9O. The molecule has 1 aromatic carbocycles. The van der Waals surface area contributed by atoms with Gasteiger partial charge in [0.05, 0.1) is 34.6 Å². The minimum atomic E-state index is -0.0513. The minimum Gasteiger partial charge on any atom is -0.351 e. The summed E-state index contributed by atoms with van der Waals surface area (Å²) in [5.74, 6) is 1.12. The third-order valence-electron chi connectivity index (χ3n) is 5.41. The Morgan fingerprint density at radius 2 is 1.88 bits per heavy atom. The van der Waals surface area contributed by atoms with E-state index in [9.17, 15) is 4.79 Å². The van der Waals surface area contributed by atoms with Crippen molar-refractivity contribution in [2.45, 2.75) is 6.42 Å². The average Bonchev–Trinajstić information content (AvgIpc) is 3.51. The van der Waals surface area contributed by atoms with Crippen molar-refractivity contribution in [3.05, 3.63) is 84.7 Å². The number of carbonyl (C=O) groups is 1. The lowest BCUT2D eigenvalue weighted by Gasteiger charge is -2.07. The molecule has 34 heavy (non-hydrogen) atoms. The van der Waals surface area contributed by atoms with Crippen LogP contribution in [-0.4, -0.2) is 46.1 Å². The Morgan fingerprint density at radius 1 is 0.912 bits per heavy atom. The number of hydrogen-bond acceptors (Lipinski definition) is 8. The summed E-state index contributed by atoms with van der Waals surface area (Å²) in [5.41, 5.74) is 5.32. The number of H-pyrrole nitrogens is 2. The summed E-state index contributed by atoms with van der Waals surface area (Å²) in [4.78, 5) is 29.4. The summed E-state index contributed by atoms with van der Waals surface area (Å²) in [7, 11) is 0. The lowest BCUT2D eigenvalue weighted by atomic mass is 10.1. The number of nitrogens with one attached hydrogen (secondary N) is 3. The second-order valence-corrected chi connectivity index (χ2v) is 7.75. The van der Waals surface area contributed by atoms with Crippen LogP contribution in [0.5, 0.6) is 0 Å². The van der Waals surface area contributed by atoms with E-state index < -0.39 is 0 Å². The van der Waals surface area contributed by atoms with Gasteiger partial charge in [-0.15, -0.1) is 0 Å². The zero-order valence-electron chi connectivity index (χ0n) is 17.7. The van der Waals surface area contributed by atoms with Crippen molar-refractivity contribution < 1.29 is 4.79 Å². The van der Waals surface area contributed by atoms with Gasteiger partial charge in [-0.25, -0.2) is 9.97 Å². The number of rotatable bonds is 6. The highest BCUT2D eigenvalue weighted by Gasteiger charge is 2.13. The molecule has 0 aliphatic carbocycles. The molecule has 0 radical (unpaired) electrons. The summed E-state index contributed by atoms with van der Waals surface area (Å²) in [6, 6.07) is 13.1. The van der Waals surface area contributed by atoms with Gasteiger partial charge < -0.3 is 10.3 Å². The molecule has 0 saturated carbocycles. The predicted molar refractivity (Wildman–Crippen MR) is 127 cm³/mol. The topological polar surface area (TPSA) is 138 Å². The first kappa shape index (κ1) is 19.7. The Hall–Kier alpha value is -4.99. The number of aromatic nitrogens is 8. The Morgan fingerprint density at radius 3 is 2.79 bits per heavy atom. The van der Waals surface area contributed by atoms with Gasteiger partial charge in [0.2, 0.25) is 0 Å². The van der Waals surface area contributed by atoms with Gasteiger partial charge in [0.15, 0.2) is 11.6 Å². The van der Waals surface area contributed by atoms with Crippen molar-refractivity contribution in [2.75, 3.05) is 5.32 Å². The molecule has 0 bridgehead atoms. The number of hydrogen-bond donors (Lipinski definition) is 3. The van der Waals surface area contributed by atoms with E-state index >= 15 is 0 Å². The van der Waals surface area contributed by atoms with Crippen LogP contribution >= 0.6 is 0 Å². The predicted octanol–water partition coefficient (Wildman–Crippen LogP) is 3.86. The van der Waals surface area contributed by atoms with E-state index in [1.807, 2.05) is 24.3 Å². The summed E-state index contributed by atoms with van der Waals surface area (Å²) < 4.78 is 0. The van der Waals surface area contributed by atoms with Crippen LogP contribution in [0, 0.1) is 0 Å². The smallest absolute Gasteiger partial charge is 0.183 e. The lowest BCUT2D eigenvalue weighted by molar-refractivity contribution is 0.0989. The molecule has 5 aromatic heterocycles. The molecule has 5 heterocycles. The number of nitrogens with zero attached hydrogens (tertiary/aromatic N) is 6. The Bertz CT molecular complexity index is 1640. The van der Waals surface area contributed by atoms with Gasteiger partial charge in [-0.05, 0) is 48.0 Å². The molecule has 0 aliphatic heterocycles. The number of pyridine rings is 1. The van der Waals surface area contributed by atoms with Crippen LogP contribution in [0.3, 0.4) is 0 Å². The molecule has 0 spiro atoms. The van der Waals surface area contributed by atoms with Gasteiger partial charge in [-0.2, -0.15) is 15.3 Å². The maximum absolute atomic E-state index is 12.7. The molecule has 0 saturated heterocycles. The summed E-state index contributed by atoms with van der Waals surface area (Å²) in [6.45, 7) is 0. The maximum Gasteiger partial charge on any atom is 0.183 e. The number of Topliss-reactive ketones (excluding diaryl/α,β-unsaturated/α-hetero) is 1. The first-order valence-corrected chi connectivity index (χ1v) is 10.5. The van der Waals surface area contributed by atoms with Crippen molar-refractivity contribution in [3.8, 4) is 11.4 Å². The van der Waals surface area contributed by atoms with Gasteiger partial charge in [0.1, 0.15) is 5.82 Å². The maximum atomic E-state index is 12.7. The number of fused-ring (bicyclic) bond motifs is 2. The van der Waals surface area contributed by atoms with Crippen LogP contribution in [0.2, 0.25) is 0 Å². The molecule has 3 N–H and O–H groups in total. The van der Waals surface area contributed by atoms with Gasteiger partial charge >= 0.3 is 0 Å². The second-order valence-electron chi connectivity index (χ2n) is 7.75. The number of anilines is 2. The van der Waals surface area contributed by atoms with E-state index in [0.29, 0.717) is 22.9 Å². The minimum absolute atomic E-state index is 0.0513. The fraction of sp³-hybridized carbons (Fsp3) is 0.0417. The summed E-state index contributed by atoms with van der Waals surface area (Å²) in [5, 5.41) is 18.8. The Kier molecular flexibility index (Phi) is 4.73. The largest absolute Gasteiger partial charge is 0.351 e. The first-order valence-electron chi connectivity index (χ1n) is 10.5. The van der Waals surface area contributed by atoms with Crippen LogP contribution in [0.1, 0.15) is 16.1 Å². The first-order chi connectivity index (χ1) is 16.7. The molecule has 6 aromatic rings. The molecule has 0 fully saturated rings. The third-order valence-corrected chi connectivity index (χ3v) is 5.41. The molecule has 0 unspecified atom stereocenters. The molecule has 0 aliphatic rings. The van der Waals surface area contributed by atoms with E-state index in [1.165, 1.54) is 0 Å². The number of carbonyl (C=O) groups excluding carboxylic acids is 1. The molecular weight excluding hydrogens is 430 g/mol. The van der Waals surface area contributed by atoms with Gasteiger partial charge in [-0.3, -0.25) is 14.9 Å². The van der Waals surface area contributed by atoms with Gasteiger partial charge in [0.25, 0.3) is 0 Å². The molecule has 0 amide bonds. The van der Waals surface area contributed by atoms with Crippen LogP contribution < -0.4 is 5.32 Å². The third kappa shape index (κ3) is 3.84. The normalized spacial score (nSPS) is 11.2. The van der Waals surface area contributed by atoms with Crippen LogP contribution in [0.4, 0.5) is 11.5 Å². The fourth-order valence-electron chi connectivity index (χ4n) is 3.72. The van der Waals surface area contributed by atoms with Crippen LogP contribution in [0.25, 0.3) is 33.3 Å². The monoisotopic (exact) mass is 447 g/mol. The summed E-state index contributed by atoms with van der Waals surface area (Å²) >= 11 is 0. The van der Waals surface area contributed by atoms with E-state index in [0.717, 1.165) is 33.2 Å². The fourth-order valence-corrected chi connectivity index (χ4v) is 3.72. The SMILES string of the molecule is O=C(Cc1ccnnc1)c1cc2ncc(-c3nccc(Nc4ccc5[nH]ncc5c4)n3)cc2[nH]1. The van der Waals surface area contributed by atoms with Crippen LogP contribution in [-0.2, 0) is 6.42 Å². The zero-order chi connectivity index (χ0) is 22.9. The quantitative estimate of drug-likeness (QED) is 0.327. The van der Waals surface area contributed by atoms with E-state index in [1.54, 1.807) is 49.2 Å². The van der Waals surface area contributed by atoms with Crippen molar-refractivity contribution in [2.24, 2.45) is 0 Å². The molecule has 10 heteroatoms. The second kappa shape index (κ2) is 8.17. The molecule has 6 rings (SSSR count).